The Bertz CT molecular complexity index is 342. The van der Waals surface area contributed by atoms with Crippen molar-refractivity contribution in [1.82, 2.24) is 0 Å². The molecule has 0 unspecified atom stereocenters. The van der Waals surface area contributed by atoms with E-state index in [2.05, 4.69) is 15.9 Å². The van der Waals surface area contributed by atoms with E-state index >= 15 is 0 Å². The molecule has 1 aromatic carbocycles. The van der Waals surface area contributed by atoms with Crippen molar-refractivity contribution in [3.05, 3.63) is 22.2 Å². The summed E-state index contributed by atoms with van der Waals surface area (Å²) in [7, 11) is 1.65. The smallest absolute Gasteiger partial charge is 0.165 e. The van der Waals surface area contributed by atoms with Crippen LogP contribution in [0.25, 0.3) is 0 Å². The number of nitrogens with two attached hydrogens (primary N) is 1. The third-order valence-electron chi connectivity index (χ3n) is 2.31. The molecule has 0 aliphatic rings. The molecule has 0 aromatic heterocycles. The molecule has 3 nitrogen and oxygen atoms in total. The molecule has 0 aliphatic heterocycles. The summed E-state index contributed by atoms with van der Waals surface area (Å²) >= 11 is 3.53. The van der Waals surface area contributed by atoms with Gasteiger partial charge in [0.05, 0.1) is 13.7 Å². The first kappa shape index (κ1) is 13.3. The molecule has 0 radical (unpaired) electrons. The lowest BCUT2D eigenvalue weighted by Gasteiger charge is -2.15. The van der Waals surface area contributed by atoms with Gasteiger partial charge in [-0.25, -0.2) is 0 Å². The fourth-order valence-electron chi connectivity index (χ4n) is 1.56. The van der Waals surface area contributed by atoms with Crippen LogP contribution in [0.1, 0.15) is 18.9 Å². The molecule has 0 saturated heterocycles. The van der Waals surface area contributed by atoms with Crippen LogP contribution in [0.5, 0.6) is 11.5 Å². The van der Waals surface area contributed by atoms with Crippen molar-refractivity contribution in [2.24, 2.45) is 5.73 Å². The number of benzene rings is 1. The molecule has 90 valence electrons. The van der Waals surface area contributed by atoms with Crippen LogP contribution in [0.2, 0.25) is 0 Å². The molecule has 0 saturated carbocycles. The summed E-state index contributed by atoms with van der Waals surface area (Å²) in [5, 5.41) is 0. The Balaban J connectivity index is 3.08. The van der Waals surface area contributed by atoms with Crippen LogP contribution in [0.3, 0.4) is 0 Å². The lowest BCUT2D eigenvalue weighted by atomic mass is 10.1. The Morgan fingerprint density at radius 2 is 2.12 bits per heavy atom. The Hall–Kier alpha value is -0.740. The van der Waals surface area contributed by atoms with E-state index in [1.807, 2.05) is 19.1 Å². The summed E-state index contributed by atoms with van der Waals surface area (Å²) in [6.07, 6.45) is 1.83. The van der Waals surface area contributed by atoms with Gasteiger partial charge in [0.15, 0.2) is 11.5 Å². The zero-order valence-electron chi connectivity index (χ0n) is 9.75. The highest BCUT2D eigenvalue weighted by Gasteiger charge is 2.13. The van der Waals surface area contributed by atoms with Crippen molar-refractivity contribution in [3.63, 3.8) is 0 Å². The molecular formula is C12H18BrNO2. The lowest BCUT2D eigenvalue weighted by Crippen LogP contribution is -2.04. The molecule has 2 N–H and O–H groups in total. The van der Waals surface area contributed by atoms with Crippen LogP contribution in [0.15, 0.2) is 16.6 Å². The number of halogens is 1. The van der Waals surface area contributed by atoms with Crippen molar-refractivity contribution < 1.29 is 9.47 Å². The van der Waals surface area contributed by atoms with E-state index in [-0.39, 0.29) is 0 Å². The molecule has 0 fully saturated rings. The van der Waals surface area contributed by atoms with Crippen molar-refractivity contribution in [3.8, 4) is 11.5 Å². The normalized spacial score (nSPS) is 10.2. The highest BCUT2D eigenvalue weighted by atomic mass is 79.9. The van der Waals surface area contributed by atoms with Crippen molar-refractivity contribution in [2.45, 2.75) is 19.8 Å². The molecule has 16 heavy (non-hydrogen) atoms. The fourth-order valence-corrected chi connectivity index (χ4v) is 2.07. The minimum absolute atomic E-state index is 0.627. The van der Waals surface area contributed by atoms with Crippen LogP contribution >= 0.6 is 15.9 Å². The van der Waals surface area contributed by atoms with E-state index in [9.17, 15) is 0 Å². The highest BCUT2D eigenvalue weighted by molar-refractivity contribution is 9.10. The van der Waals surface area contributed by atoms with Gasteiger partial charge in [-0.3, -0.25) is 0 Å². The van der Waals surface area contributed by atoms with E-state index in [0.717, 1.165) is 34.4 Å². The summed E-state index contributed by atoms with van der Waals surface area (Å²) in [5.41, 5.74) is 6.66. The minimum Gasteiger partial charge on any atom is -0.493 e. The summed E-state index contributed by atoms with van der Waals surface area (Å²) < 4.78 is 12.0. The first-order valence-electron chi connectivity index (χ1n) is 5.42. The Kier molecular flexibility index (Phi) is 5.63. The topological polar surface area (TPSA) is 44.5 Å². The van der Waals surface area contributed by atoms with Crippen LogP contribution in [0, 0.1) is 0 Å². The zero-order valence-corrected chi connectivity index (χ0v) is 11.3. The molecule has 0 amide bonds. The quantitative estimate of drug-likeness (QED) is 0.875. The molecule has 1 aromatic rings. The second-order valence-corrected chi connectivity index (χ2v) is 4.24. The summed E-state index contributed by atoms with van der Waals surface area (Å²) in [6, 6.07) is 3.88. The maximum atomic E-state index is 5.64. The fraction of sp³-hybridized carbons (Fsp3) is 0.500. The van der Waals surface area contributed by atoms with E-state index in [0.29, 0.717) is 13.2 Å². The van der Waals surface area contributed by atoms with Gasteiger partial charge in [-0.05, 0) is 38.4 Å². The number of methoxy groups -OCH3 is 1. The van der Waals surface area contributed by atoms with Crippen molar-refractivity contribution >= 4 is 15.9 Å². The van der Waals surface area contributed by atoms with E-state index in [4.69, 9.17) is 15.2 Å². The number of hydrogen-bond donors (Lipinski definition) is 1. The van der Waals surface area contributed by atoms with Gasteiger partial charge in [0.2, 0.25) is 0 Å². The van der Waals surface area contributed by atoms with Crippen LogP contribution in [0.4, 0.5) is 0 Å². The minimum atomic E-state index is 0.627. The molecule has 0 bridgehead atoms. The molecule has 0 heterocycles. The molecule has 0 atom stereocenters. The third kappa shape index (κ3) is 3.12. The van der Waals surface area contributed by atoms with Gasteiger partial charge < -0.3 is 15.2 Å². The average molecular weight is 288 g/mol. The summed E-state index contributed by atoms with van der Waals surface area (Å²) in [6.45, 7) is 3.27. The van der Waals surface area contributed by atoms with E-state index in [1.165, 1.54) is 0 Å². The van der Waals surface area contributed by atoms with E-state index in [1.54, 1.807) is 7.11 Å². The summed E-state index contributed by atoms with van der Waals surface area (Å²) in [4.78, 5) is 0. The van der Waals surface area contributed by atoms with Gasteiger partial charge in [0, 0.05) is 10.0 Å². The van der Waals surface area contributed by atoms with Crippen LogP contribution in [-0.4, -0.2) is 20.3 Å². The van der Waals surface area contributed by atoms with Gasteiger partial charge in [0.25, 0.3) is 0 Å². The van der Waals surface area contributed by atoms with Gasteiger partial charge in [-0.15, -0.1) is 0 Å². The maximum Gasteiger partial charge on any atom is 0.165 e. The van der Waals surface area contributed by atoms with Crippen molar-refractivity contribution in [1.29, 1.82) is 0 Å². The maximum absolute atomic E-state index is 5.64. The Morgan fingerprint density at radius 3 is 2.69 bits per heavy atom. The van der Waals surface area contributed by atoms with Crippen LogP contribution < -0.4 is 15.2 Å². The van der Waals surface area contributed by atoms with Crippen LogP contribution in [-0.2, 0) is 6.42 Å². The summed E-state index contributed by atoms with van der Waals surface area (Å²) in [5.74, 6) is 1.60. The predicted octanol–water partition coefficient (Wildman–Crippen LogP) is 2.75. The van der Waals surface area contributed by atoms with Crippen molar-refractivity contribution in [2.75, 3.05) is 20.3 Å². The predicted molar refractivity (Wildman–Crippen MR) is 69.2 cm³/mol. The number of ether oxygens (including phenoxy) is 2. The van der Waals surface area contributed by atoms with Gasteiger partial charge >= 0.3 is 0 Å². The third-order valence-corrected chi connectivity index (χ3v) is 3.05. The first-order valence-corrected chi connectivity index (χ1v) is 6.22. The molecule has 1 rings (SSSR count). The highest BCUT2D eigenvalue weighted by Crippen LogP contribution is 2.36. The Morgan fingerprint density at radius 1 is 1.38 bits per heavy atom. The SMILES string of the molecule is CCOc1c(OC)ccc(Br)c1CCCN. The molecule has 0 spiro atoms. The second kappa shape index (κ2) is 6.76. The van der Waals surface area contributed by atoms with Gasteiger partial charge in [-0.1, -0.05) is 15.9 Å². The van der Waals surface area contributed by atoms with E-state index < -0.39 is 0 Å². The second-order valence-electron chi connectivity index (χ2n) is 3.38. The standard InChI is InChI=1S/C12H18BrNO2/c1-3-16-12-9(5-4-8-14)10(13)6-7-11(12)15-2/h6-7H,3-5,8,14H2,1-2H3. The van der Waals surface area contributed by atoms with Gasteiger partial charge in [0.1, 0.15) is 0 Å². The number of rotatable bonds is 6. The molecule has 4 heteroatoms. The largest absolute Gasteiger partial charge is 0.493 e. The number of hydrogen-bond acceptors (Lipinski definition) is 3. The molecule has 0 aliphatic carbocycles. The van der Waals surface area contributed by atoms with Gasteiger partial charge in [-0.2, -0.15) is 0 Å². The zero-order chi connectivity index (χ0) is 12.0. The Labute approximate surface area is 105 Å². The average Bonchev–Trinajstić information content (AvgIpc) is 2.29. The lowest BCUT2D eigenvalue weighted by molar-refractivity contribution is 0.307. The molecular weight excluding hydrogens is 270 g/mol. The first-order chi connectivity index (χ1) is 7.74. The monoisotopic (exact) mass is 287 g/mol.